The van der Waals surface area contributed by atoms with Crippen LogP contribution in [0.2, 0.25) is 0 Å². The molecule has 2 fully saturated rings. The van der Waals surface area contributed by atoms with E-state index in [-0.39, 0.29) is 0 Å². The summed E-state index contributed by atoms with van der Waals surface area (Å²) in [5.41, 5.74) is 1.34. The molecule has 2 atom stereocenters. The molecule has 6 nitrogen and oxygen atoms in total. The van der Waals surface area contributed by atoms with Gasteiger partial charge in [-0.1, -0.05) is 37.3 Å². The molecule has 0 amide bonds. The molecule has 1 aromatic carbocycles. The summed E-state index contributed by atoms with van der Waals surface area (Å²) < 4.78 is 5.55. The van der Waals surface area contributed by atoms with Crippen molar-refractivity contribution in [3.63, 3.8) is 0 Å². The highest BCUT2D eigenvalue weighted by Gasteiger charge is 2.24. The van der Waals surface area contributed by atoms with E-state index in [2.05, 4.69) is 62.7 Å². The van der Waals surface area contributed by atoms with Gasteiger partial charge in [-0.2, -0.15) is 0 Å². The van der Waals surface area contributed by atoms with E-state index in [1.54, 1.807) is 0 Å². The summed E-state index contributed by atoms with van der Waals surface area (Å²) in [6.45, 7) is 9.97. The Bertz CT molecular complexity index is 573. The van der Waals surface area contributed by atoms with E-state index in [9.17, 15) is 0 Å². The molecular formula is C21H35N5O. The number of ether oxygens (including phenoxy) is 1. The molecule has 2 N–H and O–H groups in total. The number of likely N-dealkylation sites (tertiary alicyclic amines) is 1. The molecule has 1 aromatic rings. The molecule has 0 bridgehead atoms. The van der Waals surface area contributed by atoms with Crippen molar-refractivity contribution in [3.05, 3.63) is 35.9 Å². The van der Waals surface area contributed by atoms with Gasteiger partial charge in [-0.05, 0) is 31.5 Å². The van der Waals surface area contributed by atoms with Crippen molar-refractivity contribution in [2.45, 2.75) is 31.8 Å². The second-order valence-electron chi connectivity index (χ2n) is 7.33. The molecule has 2 aliphatic heterocycles. The largest absolute Gasteiger partial charge is 0.379 e. The summed E-state index contributed by atoms with van der Waals surface area (Å²) >= 11 is 0. The third-order valence-corrected chi connectivity index (χ3v) is 5.77. The van der Waals surface area contributed by atoms with Crippen LogP contribution in [0, 0.1) is 0 Å². The van der Waals surface area contributed by atoms with Crippen LogP contribution in [0.4, 0.5) is 0 Å². The van der Waals surface area contributed by atoms with Crippen LogP contribution in [0.1, 0.15) is 31.4 Å². The molecule has 0 radical (unpaired) electrons. The van der Waals surface area contributed by atoms with E-state index in [4.69, 9.17) is 4.74 Å². The van der Waals surface area contributed by atoms with Crippen LogP contribution in [0.5, 0.6) is 0 Å². The van der Waals surface area contributed by atoms with Gasteiger partial charge in [0.1, 0.15) is 0 Å². The van der Waals surface area contributed by atoms with Crippen molar-refractivity contribution in [2.24, 2.45) is 4.99 Å². The Hall–Kier alpha value is -1.63. The molecule has 0 aromatic heterocycles. The fourth-order valence-electron chi connectivity index (χ4n) is 4.19. The van der Waals surface area contributed by atoms with E-state index in [1.165, 1.54) is 24.9 Å². The molecule has 150 valence electrons. The highest BCUT2D eigenvalue weighted by Crippen LogP contribution is 2.21. The summed E-state index contributed by atoms with van der Waals surface area (Å²) in [5, 5.41) is 7.10. The van der Waals surface area contributed by atoms with Gasteiger partial charge in [0, 0.05) is 39.3 Å². The van der Waals surface area contributed by atoms with Crippen molar-refractivity contribution in [1.82, 2.24) is 20.4 Å². The van der Waals surface area contributed by atoms with Gasteiger partial charge in [0.05, 0.1) is 19.3 Å². The van der Waals surface area contributed by atoms with Crippen LogP contribution in [0.15, 0.2) is 35.3 Å². The monoisotopic (exact) mass is 373 g/mol. The molecule has 27 heavy (non-hydrogen) atoms. The van der Waals surface area contributed by atoms with Gasteiger partial charge < -0.3 is 15.4 Å². The summed E-state index contributed by atoms with van der Waals surface area (Å²) in [7, 11) is 1.85. The predicted octanol–water partition coefficient (Wildman–Crippen LogP) is 1.71. The van der Waals surface area contributed by atoms with Crippen molar-refractivity contribution in [3.8, 4) is 0 Å². The van der Waals surface area contributed by atoms with Crippen LogP contribution in [-0.4, -0.2) is 81.3 Å². The lowest BCUT2D eigenvalue weighted by atomic mass is 10.0. The van der Waals surface area contributed by atoms with E-state index < -0.39 is 0 Å². The highest BCUT2D eigenvalue weighted by molar-refractivity contribution is 5.79. The zero-order valence-electron chi connectivity index (χ0n) is 16.9. The summed E-state index contributed by atoms with van der Waals surface area (Å²) in [6.07, 6.45) is 2.58. The minimum Gasteiger partial charge on any atom is -0.379 e. The molecule has 0 saturated carbocycles. The van der Waals surface area contributed by atoms with Crippen molar-refractivity contribution >= 4 is 5.96 Å². The fraction of sp³-hybridized carbons (Fsp3) is 0.667. The Labute approximate surface area is 164 Å². The highest BCUT2D eigenvalue weighted by atomic mass is 16.5. The summed E-state index contributed by atoms with van der Waals surface area (Å²) in [4.78, 5) is 9.51. The maximum atomic E-state index is 5.55. The maximum absolute atomic E-state index is 5.55. The number of hydrogen-bond acceptors (Lipinski definition) is 4. The Kier molecular flexibility index (Phi) is 7.93. The molecule has 0 spiro atoms. The maximum Gasteiger partial charge on any atom is 0.191 e. The minimum atomic E-state index is 0.326. The van der Waals surface area contributed by atoms with Gasteiger partial charge in [0.25, 0.3) is 0 Å². The van der Waals surface area contributed by atoms with E-state index >= 15 is 0 Å². The Morgan fingerprint density at radius 2 is 1.96 bits per heavy atom. The molecule has 2 saturated heterocycles. The van der Waals surface area contributed by atoms with Crippen LogP contribution in [-0.2, 0) is 4.74 Å². The van der Waals surface area contributed by atoms with Crippen molar-refractivity contribution in [1.29, 1.82) is 0 Å². The van der Waals surface area contributed by atoms with Crippen LogP contribution in [0.25, 0.3) is 0 Å². The minimum absolute atomic E-state index is 0.326. The molecule has 0 aliphatic carbocycles. The number of aliphatic imine (C=N–C) groups is 1. The third kappa shape index (κ3) is 5.67. The Morgan fingerprint density at radius 3 is 2.67 bits per heavy atom. The van der Waals surface area contributed by atoms with Crippen LogP contribution < -0.4 is 10.6 Å². The van der Waals surface area contributed by atoms with Crippen LogP contribution in [0.3, 0.4) is 0 Å². The van der Waals surface area contributed by atoms with Gasteiger partial charge in [0.2, 0.25) is 0 Å². The number of benzene rings is 1. The third-order valence-electron chi connectivity index (χ3n) is 5.77. The van der Waals surface area contributed by atoms with Gasteiger partial charge in [-0.15, -0.1) is 0 Å². The molecule has 6 heteroatoms. The normalized spacial score (nSPS) is 23.3. The van der Waals surface area contributed by atoms with E-state index in [0.717, 1.165) is 51.9 Å². The molecule has 2 aliphatic rings. The zero-order chi connectivity index (χ0) is 18.9. The quantitative estimate of drug-likeness (QED) is 0.563. The lowest BCUT2D eigenvalue weighted by molar-refractivity contribution is 0.0170. The number of nitrogens with one attached hydrogen (secondary N) is 2. The second-order valence-corrected chi connectivity index (χ2v) is 7.33. The first-order valence-electron chi connectivity index (χ1n) is 10.4. The summed E-state index contributed by atoms with van der Waals surface area (Å²) in [6, 6.07) is 11.7. The molecule has 3 rings (SSSR count). The standard InChI is InChI=1S/C21H35N5O/c1-3-25-11-7-10-19(25)16-23-21(22-2)24-17-20(18-8-5-4-6-9-18)26-12-14-27-15-13-26/h4-6,8-9,19-20H,3,7,10-17H2,1-2H3,(H2,22,23,24). The fourth-order valence-corrected chi connectivity index (χ4v) is 4.19. The van der Waals surface area contributed by atoms with Crippen LogP contribution >= 0.6 is 0 Å². The number of guanidine groups is 1. The lowest BCUT2D eigenvalue weighted by Crippen LogP contribution is -2.48. The topological polar surface area (TPSA) is 52.1 Å². The molecule has 2 unspecified atom stereocenters. The Morgan fingerprint density at radius 1 is 1.19 bits per heavy atom. The number of likely N-dealkylation sites (N-methyl/N-ethyl adjacent to an activating group) is 1. The van der Waals surface area contributed by atoms with Gasteiger partial charge in [-0.25, -0.2) is 0 Å². The molecule has 2 heterocycles. The predicted molar refractivity (Wildman–Crippen MR) is 111 cm³/mol. The van der Waals surface area contributed by atoms with Crippen molar-refractivity contribution in [2.75, 3.05) is 59.5 Å². The van der Waals surface area contributed by atoms with E-state index in [1.807, 2.05) is 7.05 Å². The van der Waals surface area contributed by atoms with Gasteiger partial charge in [0.15, 0.2) is 5.96 Å². The number of nitrogens with zero attached hydrogens (tertiary/aromatic N) is 3. The lowest BCUT2D eigenvalue weighted by Gasteiger charge is -2.35. The first kappa shape index (κ1) is 20.1. The average molecular weight is 374 g/mol. The van der Waals surface area contributed by atoms with Crippen molar-refractivity contribution < 1.29 is 4.74 Å². The van der Waals surface area contributed by atoms with Gasteiger partial charge in [-0.3, -0.25) is 14.8 Å². The zero-order valence-corrected chi connectivity index (χ0v) is 16.9. The van der Waals surface area contributed by atoms with Gasteiger partial charge >= 0.3 is 0 Å². The smallest absolute Gasteiger partial charge is 0.191 e. The number of morpholine rings is 1. The summed E-state index contributed by atoms with van der Waals surface area (Å²) in [5.74, 6) is 0.896. The average Bonchev–Trinajstić information content (AvgIpc) is 3.19. The number of hydrogen-bond donors (Lipinski definition) is 2. The van der Waals surface area contributed by atoms with E-state index in [0.29, 0.717) is 12.1 Å². The Balaban J connectivity index is 1.56. The molecular weight excluding hydrogens is 338 g/mol. The first-order chi connectivity index (χ1) is 13.3. The number of rotatable bonds is 7. The first-order valence-corrected chi connectivity index (χ1v) is 10.4. The SMILES string of the molecule is CCN1CCCC1CNC(=NC)NCC(c1ccccc1)N1CCOCC1. The second kappa shape index (κ2) is 10.6.